The fraction of sp³-hybridized carbons (Fsp3) is 0.548. The van der Waals surface area contributed by atoms with E-state index in [0.717, 1.165) is 22.4 Å². The molecule has 0 saturated carbocycles. The van der Waals surface area contributed by atoms with Crippen LogP contribution in [0.5, 0.6) is 0 Å². The van der Waals surface area contributed by atoms with Crippen molar-refractivity contribution in [1.82, 2.24) is 10.4 Å². The van der Waals surface area contributed by atoms with Crippen LogP contribution < -0.4 is 10.2 Å². The van der Waals surface area contributed by atoms with E-state index in [0.29, 0.717) is 111 Å². The first-order valence-electron chi connectivity index (χ1n) is 20.0. The van der Waals surface area contributed by atoms with Crippen LogP contribution in [0.3, 0.4) is 0 Å². The summed E-state index contributed by atoms with van der Waals surface area (Å²) in [5.41, 5.74) is 3.91. The lowest BCUT2D eigenvalue weighted by molar-refractivity contribution is -0.198. The highest BCUT2D eigenvalue weighted by Gasteiger charge is 2.32. The molecule has 2 aromatic carbocycles. The van der Waals surface area contributed by atoms with E-state index < -0.39 is 17.8 Å². The summed E-state index contributed by atoms with van der Waals surface area (Å²) in [6, 6.07) is 15.8. The van der Waals surface area contributed by atoms with Crippen molar-refractivity contribution in [3.63, 3.8) is 0 Å². The number of anilines is 1. The van der Waals surface area contributed by atoms with E-state index in [9.17, 15) is 24.0 Å². The molecule has 0 unspecified atom stereocenters. The van der Waals surface area contributed by atoms with E-state index in [2.05, 4.69) is 11.4 Å². The number of rotatable bonds is 31. The molecule has 59 heavy (non-hydrogen) atoms. The first-order valence-corrected chi connectivity index (χ1v) is 20.0. The number of hydroxylamine groups is 2. The molecule has 0 aromatic heterocycles. The molecule has 17 nitrogen and oxygen atoms in total. The predicted octanol–water partition coefficient (Wildman–Crippen LogP) is 2.73. The van der Waals surface area contributed by atoms with Crippen LogP contribution in [0.1, 0.15) is 48.8 Å². The Bertz CT molecular complexity index is 1610. The average Bonchev–Trinajstić information content (AvgIpc) is 3.55. The van der Waals surface area contributed by atoms with Gasteiger partial charge in [-0.3, -0.25) is 19.2 Å². The summed E-state index contributed by atoms with van der Waals surface area (Å²) in [4.78, 5) is 66.8. The molecule has 2 heterocycles. The first-order chi connectivity index (χ1) is 28.9. The maximum atomic E-state index is 13.3. The van der Waals surface area contributed by atoms with Crippen molar-refractivity contribution in [2.75, 3.05) is 117 Å². The van der Waals surface area contributed by atoms with Gasteiger partial charge in [-0.1, -0.05) is 54.6 Å². The van der Waals surface area contributed by atoms with Crippen LogP contribution in [0.2, 0.25) is 0 Å². The molecule has 0 bridgehead atoms. The highest BCUT2D eigenvalue weighted by Crippen LogP contribution is 2.29. The molecular formula is C42H57N3O14. The van der Waals surface area contributed by atoms with Gasteiger partial charge in [0.15, 0.2) is 0 Å². The highest BCUT2D eigenvalue weighted by molar-refractivity contribution is 6.01. The lowest BCUT2D eigenvalue weighted by Gasteiger charge is -2.27. The molecule has 2 aromatic rings. The number of carbonyl (C=O) groups excluding carboxylic acids is 5. The lowest BCUT2D eigenvalue weighted by atomic mass is 10.0. The number of imide groups is 1. The van der Waals surface area contributed by atoms with Crippen LogP contribution in [-0.4, -0.2) is 147 Å². The van der Waals surface area contributed by atoms with Crippen molar-refractivity contribution < 1.29 is 66.7 Å². The third-order valence-corrected chi connectivity index (χ3v) is 8.74. The fourth-order valence-electron chi connectivity index (χ4n) is 5.68. The Morgan fingerprint density at radius 3 is 1.54 bits per heavy atom. The van der Waals surface area contributed by atoms with Gasteiger partial charge in [0.2, 0.25) is 11.8 Å². The van der Waals surface area contributed by atoms with Crippen LogP contribution in [-0.2, 0) is 73.2 Å². The van der Waals surface area contributed by atoms with Crippen LogP contribution in [0, 0.1) is 0 Å². The van der Waals surface area contributed by atoms with Crippen molar-refractivity contribution in [2.45, 2.75) is 38.6 Å². The molecule has 0 atom stereocenters. The molecule has 1 fully saturated rings. The first kappa shape index (κ1) is 47.1. The second-order valence-corrected chi connectivity index (χ2v) is 13.1. The zero-order valence-electron chi connectivity index (χ0n) is 33.6. The van der Waals surface area contributed by atoms with Gasteiger partial charge in [-0.25, -0.2) is 4.79 Å². The van der Waals surface area contributed by atoms with Crippen molar-refractivity contribution in [2.24, 2.45) is 0 Å². The largest absolute Gasteiger partial charge is 0.378 e. The summed E-state index contributed by atoms with van der Waals surface area (Å²) in [6.45, 7) is 6.81. The van der Waals surface area contributed by atoms with Crippen LogP contribution >= 0.6 is 0 Å². The van der Waals surface area contributed by atoms with Gasteiger partial charge in [0.25, 0.3) is 11.8 Å². The number of hydrogen-bond acceptors (Lipinski definition) is 14. The molecule has 1 saturated heterocycles. The molecule has 324 valence electrons. The van der Waals surface area contributed by atoms with Crippen molar-refractivity contribution in [3.8, 4) is 0 Å². The van der Waals surface area contributed by atoms with E-state index in [1.54, 1.807) is 4.90 Å². The molecule has 4 rings (SSSR count). The summed E-state index contributed by atoms with van der Waals surface area (Å²) in [5, 5.41) is 3.33. The fourth-order valence-corrected chi connectivity index (χ4v) is 5.68. The zero-order valence-corrected chi connectivity index (χ0v) is 33.6. The lowest BCUT2D eigenvalue weighted by Crippen LogP contribution is -2.33. The van der Waals surface area contributed by atoms with Crippen molar-refractivity contribution in [3.05, 3.63) is 65.2 Å². The molecular weight excluding hydrogens is 770 g/mol. The van der Waals surface area contributed by atoms with Gasteiger partial charge < -0.3 is 52.9 Å². The SMILES string of the molecule is O=C(CCC(=O)N1Cc2ccccc2/C=C\c2ccccc21)NCCOCCOCCOCCOCCOCCOCCOCCOCCC(=O)ON1C(=O)CCC1=O. The van der Waals surface area contributed by atoms with Crippen molar-refractivity contribution in [1.29, 1.82) is 0 Å². The minimum absolute atomic E-state index is 0.0520. The van der Waals surface area contributed by atoms with Gasteiger partial charge in [0, 0.05) is 32.2 Å². The van der Waals surface area contributed by atoms with Gasteiger partial charge in [-0.2, -0.15) is 0 Å². The predicted molar refractivity (Wildman–Crippen MR) is 214 cm³/mol. The second-order valence-electron chi connectivity index (χ2n) is 13.1. The van der Waals surface area contributed by atoms with Gasteiger partial charge in [0.05, 0.1) is 124 Å². The zero-order chi connectivity index (χ0) is 41.8. The molecule has 2 aliphatic rings. The molecule has 0 spiro atoms. The molecule has 17 heteroatoms. The summed E-state index contributed by atoms with van der Waals surface area (Å²) < 4.78 is 43.6. The van der Waals surface area contributed by atoms with E-state index in [1.165, 1.54) is 0 Å². The van der Waals surface area contributed by atoms with Gasteiger partial charge in [0.1, 0.15) is 0 Å². The number of benzene rings is 2. The number of fused-ring (bicyclic) bond motifs is 2. The number of ether oxygens (including phenoxy) is 8. The molecule has 0 radical (unpaired) electrons. The van der Waals surface area contributed by atoms with Crippen LogP contribution in [0.4, 0.5) is 5.69 Å². The quantitative estimate of drug-likeness (QED) is 0.0864. The maximum absolute atomic E-state index is 13.3. The minimum Gasteiger partial charge on any atom is -0.378 e. The van der Waals surface area contributed by atoms with Crippen LogP contribution in [0.15, 0.2) is 48.5 Å². The Balaban J connectivity index is 0.841. The minimum atomic E-state index is -0.706. The standard InChI is InChI=1S/C42H57N3O14/c46-38(11-12-39(47)44-33-36-7-2-1-5-34(36)9-10-35-6-3-4-8-37(35)44)43-16-18-52-20-22-54-24-26-56-28-30-58-32-31-57-29-27-55-25-23-53-21-19-51-17-15-42(50)59-45-40(48)13-14-41(45)49/h1-10H,11-33H2,(H,43,46)/b10-9-. The third kappa shape index (κ3) is 18.9. The molecule has 0 aliphatic carbocycles. The molecule has 2 aliphatic heterocycles. The average molecular weight is 828 g/mol. The third-order valence-electron chi connectivity index (χ3n) is 8.74. The second kappa shape index (κ2) is 28.8. The summed E-state index contributed by atoms with van der Waals surface area (Å²) in [7, 11) is 0. The van der Waals surface area contributed by atoms with E-state index in [4.69, 9.17) is 42.7 Å². The highest BCUT2D eigenvalue weighted by atomic mass is 16.7. The van der Waals surface area contributed by atoms with E-state index in [-0.39, 0.29) is 57.1 Å². The summed E-state index contributed by atoms with van der Waals surface area (Å²) >= 11 is 0. The number of amides is 4. The summed E-state index contributed by atoms with van der Waals surface area (Å²) in [6.07, 6.45) is 4.30. The van der Waals surface area contributed by atoms with Crippen LogP contribution in [0.25, 0.3) is 12.2 Å². The number of para-hydroxylation sites is 1. The number of nitrogens with one attached hydrogen (secondary N) is 1. The number of nitrogens with zero attached hydrogens (tertiary/aromatic N) is 2. The Kier molecular flexibility index (Phi) is 23.0. The Morgan fingerprint density at radius 2 is 0.983 bits per heavy atom. The van der Waals surface area contributed by atoms with Gasteiger partial charge in [-0.15, -0.1) is 5.06 Å². The van der Waals surface area contributed by atoms with Gasteiger partial charge in [-0.05, 0) is 22.8 Å². The summed E-state index contributed by atoms with van der Waals surface area (Å²) in [5.74, 6) is -2.04. The van der Waals surface area contributed by atoms with Crippen molar-refractivity contribution >= 4 is 47.4 Å². The number of hydrogen-bond donors (Lipinski definition) is 1. The topological polar surface area (TPSA) is 187 Å². The monoisotopic (exact) mass is 827 g/mol. The van der Waals surface area contributed by atoms with E-state index in [1.807, 2.05) is 54.6 Å². The number of carbonyl (C=O) groups is 5. The Morgan fingerprint density at radius 1 is 0.525 bits per heavy atom. The van der Waals surface area contributed by atoms with E-state index >= 15 is 0 Å². The normalized spacial score (nSPS) is 14.1. The smallest absolute Gasteiger partial charge is 0.335 e. The Hall–Kier alpha value is -4.59. The molecule has 1 N–H and O–H groups in total. The van der Waals surface area contributed by atoms with Gasteiger partial charge >= 0.3 is 5.97 Å². The molecule has 4 amide bonds. The Labute approximate surface area is 345 Å². The maximum Gasteiger partial charge on any atom is 0.335 e.